The summed E-state index contributed by atoms with van der Waals surface area (Å²) < 4.78 is 1.05. The summed E-state index contributed by atoms with van der Waals surface area (Å²) in [4.78, 5) is 25.2. The van der Waals surface area contributed by atoms with Gasteiger partial charge in [0.15, 0.2) is 0 Å². The lowest BCUT2D eigenvalue weighted by molar-refractivity contribution is 0.0358. The van der Waals surface area contributed by atoms with E-state index in [0.717, 1.165) is 3.57 Å². The standard InChI is InChI=1S/C18H19IN2O2/c1-18(2,3)21(17(23)14-7-5-4-6-8-14)20-16(22)13-9-11-15(19)12-10-13/h4-12H,1-3H3,(H,20,22). The Balaban J connectivity index is 2.24. The number of hydrogen-bond acceptors (Lipinski definition) is 2. The van der Waals surface area contributed by atoms with Gasteiger partial charge in [-0.05, 0) is 79.8 Å². The van der Waals surface area contributed by atoms with Gasteiger partial charge in [0.2, 0.25) is 0 Å². The molecule has 0 aliphatic rings. The summed E-state index contributed by atoms with van der Waals surface area (Å²) in [6.45, 7) is 5.63. The van der Waals surface area contributed by atoms with Crippen LogP contribution >= 0.6 is 22.6 Å². The van der Waals surface area contributed by atoms with Crippen LogP contribution < -0.4 is 5.43 Å². The first-order valence-electron chi connectivity index (χ1n) is 7.25. The maximum absolute atomic E-state index is 12.7. The molecule has 0 atom stereocenters. The second-order valence-electron chi connectivity index (χ2n) is 6.13. The fourth-order valence-corrected chi connectivity index (χ4v) is 2.36. The normalized spacial score (nSPS) is 11.0. The zero-order valence-corrected chi connectivity index (χ0v) is 15.5. The summed E-state index contributed by atoms with van der Waals surface area (Å²) in [7, 11) is 0. The van der Waals surface area contributed by atoms with Gasteiger partial charge in [0.25, 0.3) is 11.8 Å². The lowest BCUT2D eigenvalue weighted by atomic mass is 10.1. The SMILES string of the molecule is CC(C)(C)N(NC(=O)c1ccc(I)cc1)C(=O)c1ccccc1. The molecule has 0 heterocycles. The van der Waals surface area contributed by atoms with Crippen LogP contribution in [0.4, 0.5) is 0 Å². The third kappa shape index (κ3) is 4.54. The number of amides is 2. The van der Waals surface area contributed by atoms with Gasteiger partial charge in [-0.15, -0.1) is 0 Å². The molecule has 0 saturated heterocycles. The first kappa shape index (κ1) is 17.5. The number of halogens is 1. The van der Waals surface area contributed by atoms with E-state index in [4.69, 9.17) is 0 Å². The van der Waals surface area contributed by atoms with Crippen molar-refractivity contribution in [2.45, 2.75) is 26.3 Å². The van der Waals surface area contributed by atoms with Crippen LogP contribution in [0, 0.1) is 3.57 Å². The average molecular weight is 422 g/mol. The lowest BCUT2D eigenvalue weighted by Gasteiger charge is -2.35. The predicted octanol–water partition coefficient (Wildman–Crippen LogP) is 3.88. The van der Waals surface area contributed by atoms with Crippen LogP contribution in [0.15, 0.2) is 54.6 Å². The summed E-state index contributed by atoms with van der Waals surface area (Å²) >= 11 is 2.18. The smallest absolute Gasteiger partial charge is 0.267 e. The number of benzene rings is 2. The van der Waals surface area contributed by atoms with Crippen molar-refractivity contribution in [1.82, 2.24) is 10.4 Å². The molecule has 0 unspecified atom stereocenters. The third-order valence-electron chi connectivity index (χ3n) is 3.21. The molecular formula is C18H19IN2O2. The van der Waals surface area contributed by atoms with Crippen molar-refractivity contribution in [3.63, 3.8) is 0 Å². The Morgan fingerprint density at radius 2 is 1.48 bits per heavy atom. The molecule has 0 aromatic heterocycles. The second-order valence-corrected chi connectivity index (χ2v) is 7.37. The quantitative estimate of drug-likeness (QED) is 0.590. The summed E-state index contributed by atoms with van der Waals surface area (Å²) in [6, 6.07) is 16.1. The van der Waals surface area contributed by atoms with Gasteiger partial charge in [-0.1, -0.05) is 18.2 Å². The Bertz CT molecular complexity index is 691. The molecule has 2 amide bonds. The molecule has 0 fully saturated rings. The van der Waals surface area contributed by atoms with Gasteiger partial charge in [0, 0.05) is 14.7 Å². The van der Waals surface area contributed by atoms with Gasteiger partial charge >= 0.3 is 0 Å². The molecule has 0 bridgehead atoms. The van der Waals surface area contributed by atoms with Crippen molar-refractivity contribution in [1.29, 1.82) is 0 Å². The number of nitrogens with one attached hydrogen (secondary N) is 1. The maximum atomic E-state index is 12.7. The molecule has 0 aliphatic heterocycles. The number of hydrazine groups is 1. The van der Waals surface area contributed by atoms with Gasteiger partial charge < -0.3 is 0 Å². The Kier molecular flexibility index (Phi) is 5.41. The van der Waals surface area contributed by atoms with Crippen LogP contribution in [-0.2, 0) is 0 Å². The first-order valence-corrected chi connectivity index (χ1v) is 8.33. The summed E-state index contributed by atoms with van der Waals surface area (Å²) in [5.41, 5.74) is 3.23. The largest absolute Gasteiger partial charge is 0.272 e. The highest BCUT2D eigenvalue weighted by molar-refractivity contribution is 14.1. The van der Waals surface area contributed by atoms with Crippen LogP contribution in [0.1, 0.15) is 41.5 Å². The van der Waals surface area contributed by atoms with Gasteiger partial charge in [0.1, 0.15) is 0 Å². The van der Waals surface area contributed by atoms with E-state index < -0.39 is 5.54 Å². The van der Waals surface area contributed by atoms with Crippen LogP contribution in [-0.4, -0.2) is 22.4 Å². The number of nitrogens with zero attached hydrogens (tertiary/aromatic N) is 1. The van der Waals surface area contributed by atoms with E-state index >= 15 is 0 Å². The van der Waals surface area contributed by atoms with E-state index in [1.807, 2.05) is 39.0 Å². The number of rotatable bonds is 2. The highest BCUT2D eigenvalue weighted by Crippen LogP contribution is 2.16. The Morgan fingerprint density at radius 1 is 0.913 bits per heavy atom. The van der Waals surface area contributed by atoms with Gasteiger partial charge in [-0.3, -0.25) is 15.0 Å². The Labute approximate surface area is 150 Å². The van der Waals surface area contributed by atoms with Gasteiger partial charge in [-0.2, -0.15) is 0 Å². The van der Waals surface area contributed by atoms with Crippen LogP contribution in [0.3, 0.4) is 0 Å². The fourth-order valence-electron chi connectivity index (χ4n) is 2.00. The Morgan fingerprint density at radius 3 is 2.00 bits per heavy atom. The summed E-state index contributed by atoms with van der Waals surface area (Å²) in [6.07, 6.45) is 0. The lowest BCUT2D eigenvalue weighted by Crippen LogP contribution is -2.55. The molecule has 23 heavy (non-hydrogen) atoms. The number of carbonyl (C=O) groups is 2. The molecule has 4 nitrogen and oxygen atoms in total. The van der Waals surface area contributed by atoms with Crippen molar-refractivity contribution in [3.05, 3.63) is 69.3 Å². The first-order chi connectivity index (χ1) is 10.8. The minimum atomic E-state index is -0.550. The monoisotopic (exact) mass is 422 g/mol. The van der Waals surface area contributed by atoms with Gasteiger partial charge in [-0.25, -0.2) is 5.01 Å². The molecule has 2 aromatic rings. The number of carbonyl (C=O) groups excluding carboxylic acids is 2. The average Bonchev–Trinajstić information content (AvgIpc) is 2.52. The van der Waals surface area contributed by atoms with Crippen molar-refractivity contribution in [3.8, 4) is 0 Å². The molecular weight excluding hydrogens is 403 g/mol. The second kappa shape index (κ2) is 7.12. The highest BCUT2D eigenvalue weighted by atomic mass is 127. The number of hydrogen-bond donors (Lipinski definition) is 1. The highest BCUT2D eigenvalue weighted by Gasteiger charge is 2.29. The van der Waals surface area contributed by atoms with E-state index in [1.54, 1.807) is 36.4 Å². The maximum Gasteiger partial charge on any atom is 0.272 e. The van der Waals surface area contributed by atoms with Crippen molar-refractivity contribution < 1.29 is 9.59 Å². The minimum absolute atomic E-state index is 0.239. The molecule has 2 rings (SSSR count). The molecule has 120 valence electrons. The van der Waals surface area contributed by atoms with E-state index in [1.165, 1.54) is 5.01 Å². The molecule has 0 spiro atoms. The van der Waals surface area contributed by atoms with Crippen molar-refractivity contribution in [2.75, 3.05) is 0 Å². The summed E-state index contributed by atoms with van der Waals surface area (Å²) in [5, 5.41) is 1.38. The molecule has 0 aliphatic carbocycles. The predicted molar refractivity (Wildman–Crippen MR) is 99.0 cm³/mol. The minimum Gasteiger partial charge on any atom is -0.267 e. The van der Waals surface area contributed by atoms with Crippen molar-refractivity contribution >= 4 is 34.4 Å². The Hall–Kier alpha value is -1.89. The fraction of sp³-hybridized carbons (Fsp3) is 0.222. The van der Waals surface area contributed by atoms with Crippen LogP contribution in [0.2, 0.25) is 0 Å². The summed E-state index contributed by atoms with van der Waals surface area (Å²) in [5.74, 6) is -0.544. The molecule has 2 aromatic carbocycles. The van der Waals surface area contributed by atoms with Gasteiger partial charge in [0.05, 0.1) is 5.54 Å². The molecule has 1 N–H and O–H groups in total. The van der Waals surface area contributed by atoms with Crippen molar-refractivity contribution in [2.24, 2.45) is 0 Å². The molecule has 0 saturated carbocycles. The van der Waals surface area contributed by atoms with E-state index in [2.05, 4.69) is 28.0 Å². The zero-order chi connectivity index (χ0) is 17.0. The topological polar surface area (TPSA) is 49.4 Å². The molecule has 5 heteroatoms. The third-order valence-corrected chi connectivity index (χ3v) is 3.93. The van der Waals surface area contributed by atoms with E-state index in [-0.39, 0.29) is 11.8 Å². The molecule has 0 radical (unpaired) electrons. The zero-order valence-electron chi connectivity index (χ0n) is 13.3. The van der Waals surface area contributed by atoms with E-state index in [9.17, 15) is 9.59 Å². The van der Waals surface area contributed by atoms with Crippen LogP contribution in [0.25, 0.3) is 0 Å². The van der Waals surface area contributed by atoms with E-state index in [0.29, 0.717) is 11.1 Å². The van der Waals surface area contributed by atoms with Crippen LogP contribution in [0.5, 0.6) is 0 Å².